The van der Waals surface area contributed by atoms with Gasteiger partial charge < -0.3 is 0 Å². The molecule has 1 atom stereocenters. The van der Waals surface area contributed by atoms with Crippen molar-refractivity contribution in [1.82, 2.24) is 0 Å². The number of rotatable bonds is 5. The number of aryl methyl sites for hydroxylation is 3. The summed E-state index contributed by atoms with van der Waals surface area (Å²) in [4.78, 5) is 0. The van der Waals surface area contributed by atoms with Crippen molar-refractivity contribution in [2.24, 2.45) is 0 Å². The fraction of sp³-hybridized carbons (Fsp3) is 0.364. The van der Waals surface area contributed by atoms with Gasteiger partial charge in [0.25, 0.3) is 0 Å². The van der Waals surface area contributed by atoms with Crippen molar-refractivity contribution in [2.45, 2.75) is 51.4 Å². The Morgan fingerprint density at radius 1 is 1.05 bits per heavy atom. The predicted molar refractivity (Wildman–Crippen MR) is 95.5 cm³/mol. The van der Waals surface area contributed by atoms with E-state index in [2.05, 4.69) is 56.0 Å². The van der Waals surface area contributed by atoms with Crippen LogP contribution in [0.25, 0.3) is 0 Å². The summed E-state index contributed by atoms with van der Waals surface area (Å²) in [5.41, 5.74) is 7.55. The van der Waals surface area contributed by atoms with Crippen molar-refractivity contribution in [3.05, 3.63) is 82.9 Å². The number of allylic oxidation sites excluding steroid dienone is 1. The quantitative estimate of drug-likeness (QED) is 0.625. The molecule has 0 heteroatoms. The first kappa shape index (κ1) is 15.1. The summed E-state index contributed by atoms with van der Waals surface area (Å²) in [7, 11) is 0. The summed E-state index contributed by atoms with van der Waals surface area (Å²) in [5, 5.41) is 0. The molecule has 1 aliphatic rings. The van der Waals surface area contributed by atoms with Crippen molar-refractivity contribution in [3.8, 4) is 0 Å². The summed E-state index contributed by atoms with van der Waals surface area (Å²) < 4.78 is 0. The SMILES string of the molecule is C=CCCc1ccc(C2CCc3cc(CC)ccc3C2)cc1. The minimum Gasteiger partial charge on any atom is -0.103 e. The zero-order valence-corrected chi connectivity index (χ0v) is 13.6. The summed E-state index contributed by atoms with van der Waals surface area (Å²) >= 11 is 0. The van der Waals surface area contributed by atoms with Gasteiger partial charge in [0.05, 0.1) is 0 Å². The maximum absolute atomic E-state index is 3.80. The molecule has 1 unspecified atom stereocenters. The van der Waals surface area contributed by atoms with E-state index in [1.54, 1.807) is 11.1 Å². The Kier molecular flexibility index (Phi) is 4.77. The van der Waals surface area contributed by atoms with Gasteiger partial charge in [0.15, 0.2) is 0 Å². The molecule has 1 aliphatic carbocycles. The molecule has 0 radical (unpaired) electrons. The van der Waals surface area contributed by atoms with Crippen LogP contribution in [-0.4, -0.2) is 0 Å². The largest absolute Gasteiger partial charge is 0.103 e. The van der Waals surface area contributed by atoms with Crippen LogP contribution in [0.3, 0.4) is 0 Å². The van der Waals surface area contributed by atoms with Crippen LogP contribution in [-0.2, 0) is 25.7 Å². The van der Waals surface area contributed by atoms with Crippen LogP contribution in [0.15, 0.2) is 55.1 Å². The Hall–Kier alpha value is -1.82. The highest BCUT2D eigenvalue weighted by Crippen LogP contribution is 2.33. The molecule has 0 spiro atoms. The van der Waals surface area contributed by atoms with E-state index in [0.717, 1.165) is 19.3 Å². The van der Waals surface area contributed by atoms with E-state index in [-0.39, 0.29) is 0 Å². The predicted octanol–water partition coefficient (Wildman–Crippen LogP) is 5.64. The van der Waals surface area contributed by atoms with Gasteiger partial charge in [0, 0.05) is 0 Å². The van der Waals surface area contributed by atoms with Crippen LogP contribution in [0.1, 0.15) is 53.5 Å². The van der Waals surface area contributed by atoms with E-state index in [4.69, 9.17) is 0 Å². The van der Waals surface area contributed by atoms with Crippen LogP contribution < -0.4 is 0 Å². The molecule has 0 N–H and O–H groups in total. The topological polar surface area (TPSA) is 0 Å². The minimum atomic E-state index is 0.688. The molecule has 2 aromatic carbocycles. The Morgan fingerprint density at radius 3 is 2.55 bits per heavy atom. The molecule has 3 rings (SSSR count). The van der Waals surface area contributed by atoms with E-state index in [0.29, 0.717) is 5.92 Å². The molecular formula is C22H26. The third-order valence-corrected chi connectivity index (χ3v) is 5.00. The third-order valence-electron chi connectivity index (χ3n) is 5.00. The summed E-state index contributed by atoms with van der Waals surface area (Å²) in [6, 6.07) is 16.4. The van der Waals surface area contributed by atoms with Crippen LogP contribution in [0.4, 0.5) is 0 Å². The maximum Gasteiger partial charge on any atom is -0.0118 e. The van der Waals surface area contributed by atoms with Crippen LogP contribution in [0, 0.1) is 0 Å². The molecule has 114 valence electrons. The highest BCUT2D eigenvalue weighted by Gasteiger charge is 2.20. The number of hydrogen-bond donors (Lipinski definition) is 0. The van der Waals surface area contributed by atoms with Gasteiger partial charge in [0.2, 0.25) is 0 Å². The fourth-order valence-electron chi connectivity index (χ4n) is 3.54. The maximum atomic E-state index is 3.80. The molecule has 0 aliphatic heterocycles. The summed E-state index contributed by atoms with van der Waals surface area (Å²) in [6.07, 6.45) is 9.02. The minimum absolute atomic E-state index is 0.688. The lowest BCUT2D eigenvalue weighted by atomic mass is 9.79. The molecule has 0 heterocycles. The second-order valence-corrected chi connectivity index (χ2v) is 6.47. The van der Waals surface area contributed by atoms with Crippen molar-refractivity contribution in [3.63, 3.8) is 0 Å². The number of hydrogen-bond acceptors (Lipinski definition) is 0. The zero-order valence-electron chi connectivity index (χ0n) is 13.6. The zero-order chi connectivity index (χ0) is 15.4. The lowest BCUT2D eigenvalue weighted by Crippen LogP contribution is -2.13. The number of fused-ring (bicyclic) bond motifs is 1. The first-order valence-corrected chi connectivity index (χ1v) is 8.60. The molecule has 0 aromatic heterocycles. The van der Waals surface area contributed by atoms with Crippen molar-refractivity contribution in [2.75, 3.05) is 0 Å². The monoisotopic (exact) mass is 290 g/mol. The average Bonchev–Trinajstić information content (AvgIpc) is 2.59. The molecule has 0 fully saturated rings. The summed E-state index contributed by atoms with van der Waals surface area (Å²) in [6.45, 7) is 6.04. The van der Waals surface area contributed by atoms with E-state index in [9.17, 15) is 0 Å². The van der Waals surface area contributed by atoms with Gasteiger partial charge in [-0.15, -0.1) is 6.58 Å². The Morgan fingerprint density at radius 2 is 1.82 bits per heavy atom. The van der Waals surface area contributed by atoms with Crippen molar-refractivity contribution in [1.29, 1.82) is 0 Å². The van der Waals surface area contributed by atoms with Crippen LogP contribution >= 0.6 is 0 Å². The molecule has 0 nitrogen and oxygen atoms in total. The lowest BCUT2D eigenvalue weighted by molar-refractivity contribution is 0.584. The Balaban J connectivity index is 1.72. The third kappa shape index (κ3) is 3.32. The number of benzene rings is 2. The van der Waals surface area contributed by atoms with E-state index in [1.807, 2.05) is 6.08 Å². The van der Waals surface area contributed by atoms with Crippen LogP contribution in [0.2, 0.25) is 0 Å². The van der Waals surface area contributed by atoms with Gasteiger partial charge in [-0.05, 0) is 72.3 Å². The molecule has 0 bridgehead atoms. The first-order valence-electron chi connectivity index (χ1n) is 8.60. The van der Waals surface area contributed by atoms with Crippen molar-refractivity contribution >= 4 is 0 Å². The van der Waals surface area contributed by atoms with Gasteiger partial charge in [-0.3, -0.25) is 0 Å². The van der Waals surface area contributed by atoms with Gasteiger partial charge in [-0.2, -0.15) is 0 Å². The molecule has 22 heavy (non-hydrogen) atoms. The van der Waals surface area contributed by atoms with E-state index < -0.39 is 0 Å². The normalized spacial score (nSPS) is 17.0. The van der Waals surface area contributed by atoms with Gasteiger partial charge in [-0.25, -0.2) is 0 Å². The van der Waals surface area contributed by atoms with Crippen molar-refractivity contribution < 1.29 is 0 Å². The highest BCUT2D eigenvalue weighted by molar-refractivity contribution is 5.37. The molecule has 0 saturated heterocycles. The molecule has 2 aromatic rings. The van der Waals surface area contributed by atoms with E-state index in [1.165, 1.54) is 36.0 Å². The second-order valence-electron chi connectivity index (χ2n) is 6.47. The highest BCUT2D eigenvalue weighted by atomic mass is 14.2. The van der Waals surface area contributed by atoms with Gasteiger partial charge in [-0.1, -0.05) is 55.5 Å². The Labute approximate surface area is 134 Å². The fourth-order valence-corrected chi connectivity index (χ4v) is 3.54. The van der Waals surface area contributed by atoms with Gasteiger partial charge >= 0.3 is 0 Å². The van der Waals surface area contributed by atoms with E-state index >= 15 is 0 Å². The smallest absolute Gasteiger partial charge is 0.0118 e. The Bertz CT molecular complexity index is 634. The first-order chi connectivity index (χ1) is 10.8. The molecule has 0 amide bonds. The van der Waals surface area contributed by atoms with Gasteiger partial charge in [0.1, 0.15) is 0 Å². The second kappa shape index (κ2) is 6.96. The lowest BCUT2D eigenvalue weighted by Gasteiger charge is -2.25. The average molecular weight is 290 g/mol. The summed E-state index contributed by atoms with van der Waals surface area (Å²) in [5.74, 6) is 0.688. The molecule has 0 saturated carbocycles. The standard InChI is InChI=1S/C22H26/c1-3-5-6-18-8-10-19(11-9-18)21-14-13-20-15-17(4-2)7-12-22(20)16-21/h3,7-12,15,21H,1,4-6,13-14,16H2,2H3. The molecular weight excluding hydrogens is 264 g/mol. The van der Waals surface area contributed by atoms with Crippen LogP contribution in [0.5, 0.6) is 0 Å².